The van der Waals surface area contributed by atoms with Crippen LogP contribution in [-0.4, -0.2) is 78.8 Å². The van der Waals surface area contributed by atoms with E-state index in [1.54, 1.807) is 35.2 Å². The molecule has 41 heavy (non-hydrogen) atoms. The predicted molar refractivity (Wildman–Crippen MR) is 207 cm³/mol. The van der Waals surface area contributed by atoms with E-state index in [2.05, 4.69) is 119 Å². The van der Waals surface area contributed by atoms with Crippen molar-refractivity contribution in [3.8, 4) is 11.8 Å². The second kappa shape index (κ2) is 54.3. The van der Waals surface area contributed by atoms with Crippen molar-refractivity contribution in [1.29, 1.82) is 1.28 Å². The first-order valence-electron chi connectivity index (χ1n) is 14.1. The summed E-state index contributed by atoms with van der Waals surface area (Å²) >= 11 is 0. The van der Waals surface area contributed by atoms with E-state index in [9.17, 15) is 0 Å². The van der Waals surface area contributed by atoms with Gasteiger partial charge >= 0.3 is 0 Å². The number of hydrogen-bond acceptors (Lipinski definition) is 5. The average molecular weight is 616 g/mol. The van der Waals surface area contributed by atoms with Gasteiger partial charge in [-0.1, -0.05) is 32.9 Å². The van der Waals surface area contributed by atoms with E-state index in [4.69, 9.17) is 1.28 Å². The van der Waals surface area contributed by atoms with Crippen molar-refractivity contribution in [2.75, 3.05) is 55.2 Å². The lowest BCUT2D eigenvalue weighted by molar-refractivity contribution is 1.11. The van der Waals surface area contributed by atoms with Gasteiger partial charge in [-0.2, -0.15) is 10.2 Å². The number of rotatable bonds is 0. The number of hydrogen-bond donors (Lipinski definition) is 0. The number of aliphatic imine (C=N–C) groups is 3. The van der Waals surface area contributed by atoms with Gasteiger partial charge in [0.25, 0.3) is 0 Å². The number of azo groups is 1. The smallest absolute Gasteiger partial charge is 0.0886 e. The molecule has 0 aromatic heterocycles. The minimum atomic E-state index is -1.32. The summed E-state index contributed by atoms with van der Waals surface area (Å²) in [5.74, 6) is 5.36. The molecule has 0 saturated carbocycles. The van der Waals surface area contributed by atoms with Crippen LogP contribution in [0.3, 0.4) is 0 Å². The van der Waals surface area contributed by atoms with Gasteiger partial charge in [-0.3, -0.25) is 4.99 Å². The maximum atomic E-state index is 7.46. The molecule has 0 aliphatic rings. The van der Waals surface area contributed by atoms with Gasteiger partial charge in [0.15, 0.2) is 0 Å². The molecule has 0 fully saturated rings. The van der Waals surface area contributed by atoms with Crippen LogP contribution in [0.1, 0.15) is 111 Å². The first kappa shape index (κ1) is 55.1. The summed E-state index contributed by atoms with van der Waals surface area (Å²) < 4.78 is 7.46. The molecule has 0 aromatic carbocycles. The molecule has 0 aliphatic heterocycles. The van der Waals surface area contributed by atoms with E-state index >= 15 is 0 Å². The third-order valence-corrected chi connectivity index (χ3v) is 7.12. The van der Waals surface area contributed by atoms with Crippen LogP contribution < -0.4 is 0 Å². The van der Waals surface area contributed by atoms with Gasteiger partial charge in [0.1, 0.15) is 0 Å². The minimum Gasteiger partial charge on any atom is -0.298 e. The Morgan fingerprint density at radius 2 is 0.780 bits per heavy atom. The van der Waals surface area contributed by atoms with Gasteiger partial charge in [0, 0.05) is 41.0 Å². The van der Waals surface area contributed by atoms with Crippen molar-refractivity contribution in [1.82, 2.24) is 0 Å². The summed E-state index contributed by atoms with van der Waals surface area (Å²) in [6, 6.07) is 2.36. The van der Waals surface area contributed by atoms with Crippen LogP contribution >= 0.6 is 15.7 Å². The van der Waals surface area contributed by atoms with E-state index in [1.807, 2.05) is 54.9 Å². The van der Waals surface area contributed by atoms with E-state index in [-0.39, 0.29) is 0 Å². The fourth-order valence-electron chi connectivity index (χ4n) is 0.100. The van der Waals surface area contributed by atoms with E-state index in [0.29, 0.717) is 0 Å². The van der Waals surface area contributed by atoms with Crippen LogP contribution in [0.25, 0.3) is 0 Å². The van der Waals surface area contributed by atoms with Crippen molar-refractivity contribution < 1.29 is 0 Å². The molecule has 7 heteroatoms. The van der Waals surface area contributed by atoms with Crippen molar-refractivity contribution in [2.24, 2.45) is 25.2 Å². The highest BCUT2D eigenvalue weighted by Crippen LogP contribution is 2.10. The maximum Gasteiger partial charge on any atom is 0.0886 e. The first-order chi connectivity index (χ1) is 19.0. The highest BCUT2D eigenvalue weighted by atomic mass is 31.1. The Balaban J connectivity index is -0.0000000528. The van der Waals surface area contributed by atoms with Crippen LogP contribution in [0.5, 0.6) is 0 Å². The molecular weight excluding hydrogens is 540 g/mol. The second-order valence-electron chi connectivity index (χ2n) is 9.63. The minimum absolute atomic E-state index is 1.13. The van der Waals surface area contributed by atoms with Gasteiger partial charge in [0.2, 0.25) is 0 Å². The normalized spacial score (nSPS) is 8.15. The summed E-state index contributed by atoms with van der Waals surface area (Å²) in [5.41, 5.74) is 6.83. The molecule has 0 spiro atoms. The molecule has 244 valence electrons. The molecule has 0 saturated heterocycles. The molecule has 0 N–H and O–H groups in total. The van der Waals surface area contributed by atoms with Crippen molar-refractivity contribution >= 4 is 38.0 Å². The fraction of sp³-hybridized carbons (Fsp3) is 0.706. The highest BCUT2D eigenvalue weighted by Gasteiger charge is 1.76. The zero-order valence-electron chi connectivity index (χ0n) is 33.1. The molecule has 0 rings (SSSR count). The molecule has 0 aliphatic carbocycles. The maximum absolute atomic E-state index is 7.46. The Kier molecular flexibility index (Phi) is 73.0. The number of nitrogens with zero attached hydrogens (tertiary/aromatic N) is 5. The zero-order chi connectivity index (χ0) is 35.9. The lowest BCUT2D eigenvalue weighted by Crippen LogP contribution is -1.74. The monoisotopic (exact) mass is 616 g/mol. The second-order valence-corrected chi connectivity index (χ2v) is 13.7. The topological polar surface area (TPSA) is 61.8 Å². The van der Waals surface area contributed by atoms with Crippen LogP contribution in [0.2, 0.25) is 0 Å². The average Bonchev–Trinajstić information content (AvgIpc) is 2.90. The summed E-state index contributed by atoms with van der Waals surface area (Å²) in [5, 5.41) is 9.47. The Morgan fingerprint density at radius 3 is 0.780 bits per heavy atom. The predicted octanol–water partition coefficient (Wildman–Crippen LogP) is 11.4. The highest BCUT2D eigenvalue weighted by molar-refractivity contribution is 7.57. The molecule has 0 atom stereocenters. The van der Waals surface area contributed by atoms with Gasteiger partial charge < -0.3 is 0 Å². The van der Waals surface area contributed by atoms with Crippen LogP contribution in [-0.2, 0) is 0 Å². The van der Waals surface area contributed by atoms with Crippen LogP contribution in [0.15, 0.2) is 47.5 Å². The summed E-state index contributed by atoms with van der Waals surface area (Å²) in [7, 11) is 8.42. The zero-order valence-corrected chi connectivity index (χ0v) is 33.9. The van der Waals surface area contributed by atoms with Gasteiger partial charge in [-0.25, -0.2) is 9.98 Å². The van der Waals surface area contributed by atoms with E-state index in [1.165, 1.54) is 41.1 Å². The van der Waals surface area contributed by atoms with Crippen molar-refractivity contribution in [2.45, 2.75) is 111 Å². The number of allylic oxidation sites excluding steroid dienone is 4. The van der Waals surface area contributed by atoms with Crippen molar-refractivity contribution in [3.63, 3.8) is 0 Å². The van der Waals surface area contributed by atoms with Gasteiger partial charge in [-0.05, 0) is 131 Å². The fourth-order valence-corrected chi connectivity index (χ4v) is 0.100. The van der Waals surface area contributed by atoms with Crippen LogP contribution in [0, 0.1) is 11.8 Å². The lowest BCUT2D eigenvalue weighted by Gasteiger charge is -1.89. The third kappa shape index (κ3) is 151. The Hall–Kier alpha value is -1.84. The summed E-state index contributed by atoms with van der Waals surface area (Å²) in [6.45, 7) is 39.0. The summed E-state index contributed by atoms with van der Waals surface area (Å²) in [6.07, 6.45) is 0. The van der Waals surface area contributed by atoms with E-state index in [0.717, 1.165) is 5.71 Å². The molecule has 0 heterocycles. The molecule has 0 amide bonds. The molecule has 0 radical (unpaired) electrons. The molecular formula is C34H73N5P2. The summed E-state index contributed by atoms with van der Waals surface area (Å²) in [4.78, 5) is 10.7. The largest absolute Gasteiger partial charge is 0.298 e. The van der Waals surface area contributed by atoms with Crippen molar-refractivity contribution in [3.05, 3.63) is 22.3 Å². The molecule has 0 unspecified atom stereocenters. The van der Waals surface area contributed by atoms with Gasteiger partial charge in [0.05, 0.1) is 7.29 Å². The molecule has 5 nitrogen and oxygen atoms in total. The lowest BCUT2D eigenvalue weighted by atomic mass is 10.2. The Morgan fingerprint density at radius 1 is 0.585 bits per heavy atom. The van der Waals surface area contributed by atoms with E-state index < -0.39 is 7.49 Å². The Bertz CT molecular complexity index is 820. The standard InChI is InChI=1S/2C6H12.C5H13P.C4H9N.C4H9P.C4H6.C3H6N2.C2H6N2/c3*1-5(2)6(3)4;2*1-4(2)5-3;1-3-4-2;1-4-3-5-2;1-3-4-2/h2*1-4H3;6H,1-4H3;2*1-3H3;1-2H3;1-2H3;1-2H3/i;;6T;;;;;. The third-order valence-electron chi connectivity index (χ3n) is 4.44. The molecule has 0 aromatic rings. The Labute approximate surface area is 264 Å². The first-order valence-corrected chi connectivity index (χ1v) is 17.2. The van der Waals surface area contributed by atoms with Gasteiger partial charge in [-0.15, -0.1) is 27.5 Å². The SMILES string of the molecule is CC#CC.CC(C)=C(C)C.CC(C)=C(C)C.CN=C(C)C.CN=C=NC.CN=NC.CP=C(C)C.[3H]P(C)(C)=C(C)C. The van der Waals surface area contributed by atoms with Crippen LogP contribution in [0.4, 0.5) is 0 Å². The quantitative estimate of drug-likeness (QED) is 0.0855. The molecule has 0 bridgehead atoms.